The number of benzene rings is 2. The molecule has 0 spiro atoms. The number of rotatable bonds is 8. The number of halogens is 5. The van der Waals surface area contributed by atoms with E-state index in [-0.39, 0.29) is 47.2 Å². The van der Waals surface area contributed by atoms with E-state index in [2.05, 4.69) is 25.6 Å². The first kappa shape index (κ1) is 31.7. The van der Waals surface area contributed by atoms with Crippen molar-refractivity contribution in [3.63, 3.8) is 0 Å². The van der Waals surface area contributed by atoms with Gasteiger partial charge < -0.3 is 20.3 Å². The molecule has 2 aromatic heterocycles. The molecule has 1 aliphatic heterocycles. The molecule has 2 N–H and O–H groups in total. The van der Waals surface area contributed by atoms with Crippen LogP contribution in [-0.4, -0.2) is 50.3 Å². The molecule has 11 nitrogen and oxygen atoms in total. The van der Waals surface area contributed by atoms with Crippen molar-refractivity contribution in [2.75, 3.05) is 22.1 Å². The molecule has 1 saturated heterocycles. The fourth-order valence-electron chi connectivity index (χ4n) is 4.40. The lowest BCUT2D eigenvalue weighted by Gasteiger charge is -2.39. The fraction of sp³-hybridized carbons (Fsp3) is 0.200. The van der Waals surface area contributed by atoms with Crippen LogP contribution in [0.2, 0.25) is 0 Å². The lowest BCUT2D eigenvalue weighted by molar-refractivity contribution is -0.138. The van der Waals surface area contributed by atoms with Gasteiger partial charge in [0.1, 0.15) is 23.3 Å². The van der Waals surface area contributed by atoms with E-state index >= 15 is 4.39 Å². The van der Waals surface area contributed by atoms with Crippen LogP contribution in [0.25, 0.3) is 0 Å². The van der Waals surface area contributed by atoms with Crippen LogP contribution in [0.1, 0.15) is 19.4 Å². The molecule has 1 aliphatic rings. The van der Waals surface area contributed by atoms with Crippen LogP contribution in [0.5, 0.6) is 11.5 Å². The summed E-state index contributed by atoms with van der Waals surface area (Å²) in [4.78, 5) is 53.0. The number of amides is 4. The second kappa shape index (κ2) is 12.7. The van der Waals surface area contributed by atoms with E-state index in [9.17, 15) is 31.9 Å². The van der Waals surface area contributed by atoms with Crippen molar-refractivity contribution in [2.45, 2.75) is 26.1 Å². The first-order valence-corrected chi connectivity index (χ1v) is 13.6. The Bertz CT molecular complexity index is 1770. The molecule has 1 atom stereocenters. The number of nitrogens with zero attached hydrogens (tertiary/aromatic N) is 5. The summed E-state index contributed by atoms with van der Waals surface area (Å²) < 4.78 is 72.3. The molecule has 2 aromatic carbocycles. The Kier molecular flexibility index (Phi) is 8.80. The smallest absolute Gasteiger partial charge is 0.419 e. The topological polar surface area (TPSA) is 130 Å². The average molecular weight is 642 g/mol. The molecular weight excluding hydrogens is 617 g/mol. The maximum Gasteiger partial charge on any atom is 0.419 e. The molecule has 0 saturated carbocycles. The van der Waals surface area contributed by atoms with Crippen molar-refractivity contribution < 1.29 is 41.1 Å². The van der Waals surface area contributed by atoms with Gasteiger partial charge in [-0.25, -0.2) is 33.4 Å². The van der Waals surface area contributed by atoms with E-state index in [1.165, 1.54) is 47.5 Å². The fourth-order valence-corrected chi connectivity index (χ4v) is 4.40. The van der Waals surface area contributed by atoms with Gasteiger partial charge in [0.25, 0.3) is 0 Å². The van der Waals surface area contributed by atoms with Gasteiger partial charge in [0, 0.05) is 49.0 Å². The van der Waals surface area contributed by atoms with Gasteiger partial charge in [-0.05, 0) is 56.3 Å². The molecular formula is C30H24F5N7O4. The molecule has 1 unspecified atom stereocenters. The molecule has 5 rings (SSSR count). The van der Waals surface area contributed by atoms with Gasteiger partial charge in [-0.15, -0.1) is 0 Å². The summed E-state index contributed by atoms with van der Waals surface area (Å²) in [6.45, 7) is 3.20. The first-order valence-electron chi connectivity index (χ1n) is 13.6. The molecule has 0 radical (unpaired) electrons. The highest BCUT2D eigenvalue weighted by Gasteiger charge is 2.44. The van der Waals surface area contributed by atoms with E-state index in [1.807, 2.05) is 0 Å². The lowest BCUT2D eigenvalue weighted by atomic mass is 10.0. The van der Waals surface area contributed by atoms with Gasteiger partial charge >= 0.3 is 12.2 Å². The molecule has 0 aliphatic carbocycles. The largest absolute Gasteiger partial charge is 0.454 e. The second-order valence-corrected chi connectivity index (χ2v) is 10.3. The Morgan fingerprint density at radius 1 is 0.978 bits per heavy atom. The molecule has 16 heteroatoms. The van der Waals surface area contributed by atoms with E-state index in [1.54, 1.807) is 13.8 Å². The number of carbonyl (C=O) groups excluding carboxylic acids is 3. The monoisotopic (exact) mass is 641 g/mol. The molecule has 4 aromatic rings. The number of imide groups is 1. The standard InChI is InChI=1S/C30H24F5N7O4/c1-16(2)41-15-22(27(44)42(29(41)45)20-6-3-18(31)4-7-20)26(43)39-19-5-8-24(23(32)11-19)46-21-9-10-36-25(12-21)40-28-37-13-17(14-38-28)30(33,34)35/h3-14,16,22H,15H2,1-2H3,(H,39,43)(H,36,37,38,40). The van der Waals surface area contributed by atoms with E-state index in [4.69, 9.17) is 4.74 Å². The zero-order chi connectivity index (χ0) is 33.2. The minimum Gasteiger partial charge on any atom is -0.454 e. The Hall–Kier alpha value is -5.67. The van der Waals surface area contributed by atoms with Crippen molar-refractivity contribution in [3.05, 3.63) is 90.4 Å². The van der Waals surface area contributed by atoms with Crippen molar-refractivity contribution >= 4 is 41.0 Å². The van der Waals surface area contributed by atoms with Gasteiger partial charge in [0.05, 0.1) is 11.3 Å². The predicted molar refractivity (Wildman–Crippen MR) is 154 cm³/mol. The first-order chi connectivity index (χ1) is 21.8. The van der Waals surface area contributed by atoms with Gasteiger partial charge in [-0.1, -0.05) is 0 Å². The van der Waals surface area contributed by atoms with E-state index < -0.39 is 47.1 Å². The SMILES string of the molecule is CC(C)N1CC(C(=O)Nc2ccc(Oc3ccnc(Nc4ncc(C(F)(F)F)cn4)c3)c(F)c2)C(=O)N(c2ccc(F)cc2)C1=O. The highest BCUT2D eigenvalue weighted by atomic mass is 19.4. The molecule has 46 heavy (non-hydrogen) atoms. The summed E-state index contributed by atoms with van der Waals surface area (Å²) in [5, 5.41) is 5.12. The number of aromatic nitrogens is 3. The second-order valence-electron chi connectivity index (χ2n) is 10.3. The summed E-state index contributed by atoms with van der Waals surface area (Å²) in [6, 6.07) is 9.91. The molecule has 238 valence electrons. The van der Waals surface area contributed by atoms with Gasteiger partial charge in [-0.2, -0.15) is 13.2 Å². The Balaban J connectivity index is 1.27. The number of alkyl halides is 3. The number of hydrogen-bond acceptors (Lipinski definition) is 8. The van der Waals surface area contributed by atoms with E-state index in [0.717, 1.165) is 23.1 Å². The predicted octanol–water partition coefficient (Wildman–Crippen LogP) is 6.14. The zero-order valence-corrected chi connectivity index (χ0v) is 24.0. The molecule has 4 amide bonds. The maximum absolute atomic E-state index is 15.0. The number of nitrogens with one attached hydrogen (secondary N) is 2. The minimum absolute atomic E-state index is 0.000477. The van der Waals surface area contributed by atoms with Crippen LogP contribution >= 0.6 is 0 Å². The number of urea groups is 1. The molecule has 0 bridgehead atoms. The number of pyridine rings is 1. The van der Waals surface area contributed by atoms with Gasteiger partial charge in [-0.3, -0.25) is 9.59 Å². The maximum atomic E-state index is 15.0. The van der Waals surface area contributed by atoms with Crippen molar-refractivity contribution in [3.8, 4) is 11.5 Å². The van der Waals surface area contributed by atoms with Crippen LogP contribution in [0.15, 0.2) is 73.2 Å². The third-order valence-electron chi connectivity index (χ3n) is 6.74. The zero-order valence-electron chi connectivity index (χ0n) is 24.0. The number of ether oxygens (including phenoxy) is 1. The number of hydrogen-bond donors (Lipinski definition) is 2. The minimum atomic E-state index is -4.60. The van der Waals surface area contributed by atoms with Crippen molar-refractivity contribution in [2.24, 2.45) is 5.92 Å². The number of anilines is 4. The van der Waals surface area contributed by atoms with E-state index in [0.29, 0.717) is 12.4 Å². The van der Waals surface area contributed by atoms with Crippen LogP contribution < -0.4 is 20.3 Å². The summed E-state index contributed by atoms with van der Waals surface area (Å²) >= 11 is 0. The highest BCUT2D eigenvalue weighted by molar-refractivity contribution is 6.23. The van der Waals surface area contributed by atoms with Crippen LogP contribution in [-0.2, 0) is 15.8 Å². The normalized spacial score (nSPS) is 15.3. The third-order valence-corrected chi connectivity index (χ3v) is 6.74. The Morgan fingerprint density at radius 2 is 1.67 bits per heavy atom. The summed E-state index contributed by atoms with van der Waals surface area (Å²) in [5.74, 6) is -4.62. The van der Waals surface area contributed by atoms with Crippen molar-refractivity contribution in [1.29, 1.82) is 0 Å². The summed E-state index contributed by atoms with van der Waals surface area (Å²) in [7, 11) is 0. The Labute approximate surface area is 258 Å². The van der Waals surface area contributed by atoms with Crippen LogP contribution in [0.4, 0.5) is 49.9 Å². The quantitative estimate of drug-likeness (QED) is 0.174. The van der Waals surface area contributed by atoms with Gasteiger partial charge in [0.15, 0.2) is 11.6 Å². The summed E-state index contributed by atoms with van der Waals surface area (Å²) in [5.41, 5.74) is -0.933. The Morgan fingerprint density at radius 3 is 2.30 bits per heavy atom. The highest BCUT2D eigenvalue weighted by Crippen LogP contribution is 2.31. The van der Waals surface area contributed by atoms with Crippen LogP contribution in [0, 0.1) is 17.6 Å². The van der Waals surface area contributed by atoms with Crippen LogP contribution in [0.3, 0.4) is 0 Å². The van der Waals surface area contributed by atoms with Gasteiger partial charge in [0.2, 0.25) is 17.8 Å². The average Bonchev–Trinajstić information content (AvgIpc) is 2.99. The lowest BCUT2D eigenvalue weighted by Crippen LogP contribution is -2.61. The number of carbonyl (C=O) groups is 3. The third kappa shape index (κ3) is 7.00. The molecule has 1 fully saturated rings. The summed E-state index contributed by atoms with van der Waals surface area (Å²) in [6.07, 6.45) is -2.08. The van der Waals surface area contributed by atoms with Crippen molar-refractivity contribution in [1.82, 2.24) is 19.9 Å². The molecule has 3 heterocycles.